The number of hydrogen-bond donors (Lipinski definition) is 1. The molecule has 0 radical (unpaired) electrons. The van der Waals surface area contributed by atoms with Crippen LogP contribution in [0.25, 0.3) is 10.2 Å². The molecule has 0 aliphatic carbocycles. The maximum absolute atomic E-state index is 12.5. The van der Waals surface area contributed by atoms with Crippen LogP contribution in [0.3, 0.4) is 0 Å². The van der Waals surface area contributed by atoms with Crippen molar-refractivity contribution in [2.75, 3.05) is 25.5 Å². The van der Waals surface area contributed by atoms with Gasteiger partial charge >= 0.3 is 0 Å². The third kappa shape index (κ3) is 3.71. The van der Waals surface area contributed by atoms with Crippen molar-refractivity contribution in [3.05, 3.63) is 36.7 Å². The summed E-state index contributed by atoms with van der Waals surface area (Å²) < 4.78 is 8.16. The normalized spacial score (nSPS) is 17.7. The highest BCUT2D eigenvalue weighted by Crippen LogP contribution is 2.29. The van der Waals surface area contributed by atoms with Crippen molar-refractivity contribution < 1.29 is 9.53 Å². The van der Waals surface area contributed by atoms with Crippen LogP contribution in [0.1, 0.15) is 12.8 Å². The predicted octanol–water partition coefficient (Wildman–Crippen LogP) is 2.60. The Morgan fingerprint density at radius 3 is 3.19 bits per heavy atom. The average molecular weight is 371 g/mol. The minimum Gasteiger partial charge on any atom is -0.497 e. The summed E-state index contributed by atoms with van der Waals surface area (Å²) in [5.74, 6) is 0.765. The molecule has 8 heteroatoms. The van der Waals surface area contributed by atoms with E-state index in [1.807, 2.05) is 35.1 Å². The number of thiazole rings is 1. The molecule has 1 N–H and O–H groups in total. The molecule has 0 bridgehead atoms. The van der Waals surface area contributed by atoms with Gasteiger partial charge in [-0.2, -0.15) is 5.10 Å². The molecule has 136 valence electrons. The Kier molecular flexibility index (Phi) is 4.85. The molecule has 0 unspecified atom stereocenters. The van der Waals surface area contributed by atoms with Gasteiger partial charge in [0.25, 0.3) is 0 Å². The largest absolute Gasteiger partial charge is 0.497 e. The van der Waals surface area contributed by atoms with Gasteiger partial charge in [0, 0.05) is 18.4 Å². The summed E-state index contributed by atoms with van der Waals surface area (Å²) >= 11 is 1.46. The van der Waals surface area contributed by atoms with E-state index in [0.29, 0.717) is 17.7 Å². The molecule has 1 amide bonds. The van der Waals surface area contributed by atoms with Gasteiger partial charge in [0.05, 0.1) is 30.4 Å². The van der Waals surface area contributed by atoms with Gasteiger partial charge in [0.2, 0.25) is 5.91 Å². The predicted molar refractivity (Wildman–Crippen MR) is 102 cm³/mol. The first kappa shape index (κ1) is 17.0. The Morgan fingerprint density at radius 2 is 2.38 bits per heavy atom. The Balaban J connectivity index is 1.38. The lowest BCUT2D eigenvalue weighted by Gasteiger charge is -2.23. The molecule has 3 aromatic rings. The second-order valence-corrected chi connectivity index (χ2v) is 7.43. The van der Waals surface area contributed by atoms with Crippen molar-refractivity contribution in [3.63, 3.8) is 0 Å². The molecule has 0 spiro atoms. The Hall–Kier alpha value is -2.45. The summed E-state index contributed by atoms with van der Waals surface area (Å²) in [7, 11) is 1.64. The molecule has 26 heavy (non-hydrogen) atoms. The van der Waals surface area contributed by atoms with Crippen molar-refractivity contribution in [1.82, 2.24) is 19.7 Å². The lowest BCUT2D eigenvalue weighted by molar-refractivity contribution is -0.117. The van der Waals surface area contributed by atoms with Gasteiger partial charge in [-0.15, -0.1) is 0 Å². The molecule has 2 aromatic heterocycles. The standard InChI is InChI=1S/C18H21N5O2S/c1-25-14-5-6-15-16(10-14)26-18(20-15)21-17(24)12-22-8-2-4-13(22)11-23-9-3-7-19-23/h3,5-7,9-10,13H,2,4,8,11-12H2,1H3,(H,20,21,24)/t13-/m0/s1. The average Bonchev–Trinajstić information content (AvgIpc) is 3.36. The number of ether oxygens (including phenoxy) is 1. The van der Waals surface area contributed by atoms with Crippen molar-refractivity contribution in [1.29, 1.82) is 0 Å². The highest BCUT2D eigenvalue weighted by Gasteiger charge is 2.26. The molecule has 1 aliphatic rings. The zero-order chi connectivity index (χ0) is 17.9. The highest BCUT2D eigenvalue weighted by molar-refractivity contribution is 7.22. The quantitative estimate of drug-likeness (QED) is 0.721. The monoisotopic (exact) mass is 371 g/mol. The SMILES string of the molecule is COc1ccc2nc(NC(=O)CN3CCC[C@H]3Cn3cccn3)sc2c1. The number of benzene rings is 1. The van der Waals surface area contributed by atoms with Crippen LogP contribution in [0.4, 0.5) is 5.13 Å². The molecule has 1 aromatic carbocycles. The second-order valence-electron chi connectivity index (χ2n) is 6.40. The van der Waals surface area contributed by atoms with E-state index in [2.05, 4.69) is 20.3 Å². The van der Waals surface area contributed by atoms with Gasteiger partial charge in [-0.05, 0) is 43.7 Å². The van der Waals surface area contributed by atoms with Gasteiger partial charge < -0.3 is 10.1 Å². The molecule has 4 rings (SSSR count). The first-order valence-electron chi connectivity index (χ1n) is 8.67. The maximum Gasteiger partial charge on any atom is 0.240 e. The molecule has 3 heterocycles. The maximum atomic E-state index is 12.5. The number of fused-ring (bicyclic) bond motifs is 1. The van der Waals surface area contributed by atoms with Crippen LogP contribution < -0.4 is 10.1 Å². The number of methoxy groups -OCH3 is 1. The van der Waals surface area contributed by atoms with Crippen LogP contribution >= 0.6 is 11.3 Å². The van der Waals surface area contributed by atoms with E-state index in [1.54, 1.807) is 13.3 Å². The van der Waals surface area contributed by atoms with Crippen LogP contribution in [-0.4, -0.2) is 51.8 Å². The smallest absolute Gasteiger partial charge is 0.240 e. The number of nitrogens with zero attached hydrogens (tertiary/aromatic N) is 4. The molecule has 1 fully saturated rings. The first-order valence-corrected chi connectivity index (χ1v) is 9.49. The molecular formula is C18H21N5O2S. The van der Waals surface area contributed by atoms with Gasteiger partial charge in [0.15, 0.2) is 5.13 Å². The van der Waals surface area contributed by atoms with Crippen molar-refractivity contribution in [3.8, 4) is 5.75 Å². The topological polar surface area (TPSA) is 72.3 Å². The van der Waals surface area contributed by atoms with Crippen LogP contribution in [0.5, 0.6) is 5.75 Å². The molecule has 1 saturated heterocycles. The molecule has 0 saturated carbocycles. The summed E-state index contributed by atoms with van der Waals surface area (Å²) in [6, 6.07) is 7.98. The molecule has 1 aliphatic heterocycles. The summed E-state index contributed by atoms with van der Waals surface area (Å²) in [5, 5.41) is 7.84. The Bertz CT molecular complexity index is 892. The molecule has 1 atom stereocenters. The summed E-state index contributed by atoms with van der Waals surface area (Å²) in [6.45, 7) is 2.14. The molecule has 7 nitrogen and oxygen atoms in total. The number of hydrogen-bond acceptors (Lipinski definition) is 6. The van der Waals surface area contributed by atoms with Crippen LogP contribution in [-0.2, 0) is 11.3 Å². The van der Waals surface area contributed by atoms with Crippen LogP contribution in [0.15, 0.2) is 36.7 Å². The number of anilines is 1. The van der Waals surface area contributed by atoms with Gasteiger partial charge in [0.1, 0.15) is 5.75 Å². The second kappa shape index (κ2) is 7.43. The lowest BCUT2D eigenvalue weighted by Crippen LogP contribution is -2.39. The number of carbonyl (C=O) groups is 1. The van der Waals surface area contributed by atoms with Crippen LogP contribution in [0, 0.1) is 0 Å². The number of nitrogens with one attached hydrogen (secondary N) is 1. The number of amides is 1. The van der Waals surface area contributed by atoms with Crippen molar-refractivity contribution >= 4 is 32.6 Å². The first-order chi connectivity index (χ1) is 12.7. The Labute approximate surface area is 155 Å². The lowest BCUT2D eigenvalue weighted by atomic mass is 10.2. The number of likely N-dealkylation sites (tertiary alicyclic amines) is 1. The summed E-state index contributed by atoms with van der Waals surface area (Å²) in [5.41, 5.74) is 0.865. The van der Waals surface area contributed by atoms with Gasteiger partial charge in [-0.3, -0.25) is 14.4 Å². The number of carbonyl (C=O) groups excluding carboxylic acids is 1. The van der Waals surface area contributed by atoms with Gasteiger partial charge in [-0.1, -0.05) is 11.3 Å². The van der Waals surface area contributed by atoms with Crippen LogP contribution in [0.2, 0.25) is 0 Å². The van der Waals surface area contributed by atoms with Crippen molar-refractivity contribution in [2.45, 2.75) is 25.4 Å². The minimum atomic E-state index is -0.0246. The van der Waals surface area contributed by atoms with E-state index >= 15 is 0 Å². The minimum absolute atomic E-state index is 0.0246. The zero-order valence-corrected chi connectivity index (χ0v) is 15.4. The van der Waals surface area contributed by atoms with Crippen molar-refractivity contribution in [2.24, 2.45) is 0 Å². The van der Waals surface area contributed by atoms with E-state index in [9.17, 15) is 4.79 Å². The Morgan fingerprint density at radius 1 is 1.46 bits per heavy atom. The summed E-state index contributed by atoms with van der Waals surface area (Å²) in [6.07, 6.45) is 5.95. The van der Waals surface area contributed by atoms with E-state index in [1.165, 1.54) is 11.3 Å². The van der Waals surface area contributed by atoms with E-state index in [0.717, 1.165) is 41.9 Å². The fourth-order valence-electron chi connectivity index (χ4n) is 3.36. The van der Waals surface area contributed by atoms with E-state index < -0.39 is 0 Å². The fourth-order valence-corrected chi connectivity index (χ4v) is 4.27. The highest BCUT2D eigenvalue weighted by atomic mass is 32.1. The van der Waals surface area contributed by atoms with E-state index in [4.69, 9.17) is 4.74 Å². The summed E-state index contributed by atoms with van der Waals surface area (Å²) in [4.78, 5) is 19.2. The zero-order valence-electron chi connectivity index (χ0n) is 14.6. The third-order valence-electron chi connectivity index (χ3n) is 4.64. The molecular weight excluding hydrogens is 350 g/mol. The number of rotatable bonds is 6. The number of aromatic nitrogens is 3. The van der Waals surface area contributed by atoms with E-state index in [-0.39, 0.29) is 5.91 Å². The van der Waals surface area contributed by atoms with Gasteiger partial charge in [-0.25, -0.2) is 4.98 Å². The fraction of sp³-hybridized carbons (Fsp3) is 0.389. The third-order valence-corrected chi connectivity index (χ3v) is 5.58.